The molecule has 1 aliphatic rings. The highest BCUT2D eigenvalue weighted by Gasteiger charge is 2.26. The maximum absolute atomic E-state index is 13.1. The minimum absolute atomic E-state index is 0.228. The van der Waals surface area contributed by atoms with Crippen LogP contribution in [0.5, 0.6) is 0 Å². The summed E-state index contributed by atoms with van der Waals surface area (Å²) in [6.07, 6.45) is 4.91. The first kappa shape index (κ1) is 12.8. The van der Waals surface area contributed by atoms with E-state index in [0.717, 1.165) is 24.4 Å². The minimum atomic E-state index is -0.334. The molecule has 1 atom stereocenters. The standard InChI is InChI=1S/C14H19ClFN/c1-2-17-14(11-4-3-5-11)9-10-6-7-13(16)12(15)8-10/h6-8,11,14,17H,2-5,9H2,1H3. The topological polar surface area (TPSA) is 12.0 Å². The van der Waals surface area contributed by atoms with Gasteiger partial charge in [0, 0.05) is 6.04 Å². The summed E-state index contributed by atoms with van der Waals surface area (Å²) in [5.74, 6) is 0.442. The molecular formula is C14H19ClFN. The van der Waals surface area contributed by atoms with Crippen LogP contribution < -0.4 is 5.32 Å². The van der Waals surface area contributed by atoms with Gasteiger partial charge in [0.05, 0.1) is 5.02 Å². The molecule has 1 unspecified atom stereocenters. The maximum atomic E-state index is 13.1. The van der Waals surface area contributed by atoms with Crippen molar-refractivity contribution in [3.63, 3.8) is 0 Å². The molecule has 1 saturated carbocycles. The van der Waals surface area contributed by atoms with Crippen LogP contribution in [-0.2, 0) is 6.42 Å². The molecule has 1 N–H and O–H groups in total. The second-order valence-electron chi connectivity index (χ2n) is 4.81. The number of likely N-dealkylation sites (N-methyl/N-ethyl adjacent to an activating group) is 1. The number of rotatable bonds is 5. The van der Waals surface area contributed by atoms with E-state index >= 15 is 0 Å². The van der Waals surface area contributed by atoms with Gasteiger partial charge in [0.15, 0.2) is 0 Å². The number of hydrogen-bond donors (Lipinski definition) is 1. The summed E-state index contributed by atoms with van der Waals surface area (Å²) in [6, 6.07) is 5.56. The Labute approximate surface area is 107 Å². The van der Waals surface area contributed by atoms with Gasteiger partial charge in [0.2, 0.25) is 0 Å². The van der Waals surface area contributed by atoms with Gasteiger partial charge in [0.25, 0.3) is 0 Å². The third-order valence-electron chi connectivity index (χ3n) is 3.62. The number of hydrogen-bond acceptors (Lipinski definition) is 1. The van der Waals surface area contributed by atoms with E-state index < -0.39 is 0 Å². The van der Waals surface area contributed by atoms with Gasteiger partial charge in [-0.3, -0.25) is 0 Å². The Balaban J connectivity index is 2.02. The predicted octanol–water partition coefficient (Wildman–Crippen LogP) is 3.80. The molecule has 0 heterocycles. The van der Waals surface area contributed by atoms with Crippen molar-refractivity contribution >= 4 is 11.6 Å². The average Bonchev–Trinajstić information content (AvgIpc) is 2.21. The molecule has 1 aliphatic carbocycles. The molecule has 0 amide bonds. The van der Waals surface area contributed by atoms with Gasteiger partial charge in [-0.15, -0.1) is 0 Å². The Morgan fingerprint density at radius 1 is 1.47 bits per heavy atom. The lowest BCUT2D eigenvalue weighted by atomic mass is 9.77. The Kier molecular flexibility index (Phi) is 4.41. The van der Waals surface area contributed by atoms with E-state index in [1.807, 2.05) is 6.07 Å². The molecule has 0 bridgehead atoms. The molecule has 0 spiro atoms. The SMILES string of the molecule is CCNC(Cc1ccc(F)c(Cl)c1)C1CCC1. The number of benzene rings is 1. The zero-order valence-electron chi connectivity index (χ0n) is 10.2. The Hall–Kier alpha value is -0.600. The van der Waals surface area contributed by atoms with E-state index in [1.54, 1.807) is 6.07 Å². The first-order valence-electron chi connectivity index (χ1n) is 6.38. The van der Waals surface area contributed by atoms with Gasteiger partial charge in [-0.25, -0.2) is 4.39 Å². The first-order valence-corrected chi connectivity index (χ1v) is 6.75. The summed E-state index contributed by atoms with van der Waals surface area (Å²) >= 11 is 5.81. The smallest absolute Gasteiger partial charge is 0.141 e. The Morgan fingerprint density at radius 2 is 2.24 bits per heavy atom. The van der Waals surface area contributed by atoms with Crippen LogP contribution in [0.25, 0.3) is 0 Å². The molecular weight excluding hydrogens is 237 g/mol. The lowest BCUT2D eigenvalue weighted by Gasteiger charge is -2.34. The lowest BCUT2D eigenvalue weighted by Crippen LogP contribution is -2.41. The molecule has 17 heavy (non-hydrogen) atoms. The molecule has 1 aromatic carbocycles. The van der Waals surface area contributed by atoms with Gasteiger partial charge in [-0.05, 0) is 49.4 Å². The van der Waals surface area contributed by atoms with Crippen molar-refractivity contribution in [2.24, 2.45) is 5.92 Å². The highest BCUT2D eigenvalue weighted by atomic mass is 35.5. The molecule has 1 aromatic rings. The van der Waals surface area contributed by atoms with E-state index in [4.69, 9.17) is 11.6 Å². The van der Waals surface area contributed by atoms with Gasteiger partial charge in [-0.1, -0.05) is 31.0 Å². The summed E-state index contributed by atoms with van der Waals surface area (Å²) in [5, 5.41) is 3.76. The van der Waals surface area contributed by atoms with Crippen LogP contribution >= 0.6 is 11.6 Å². The molecule has 0 saturated heterocycles. The minimum Gasteiger partial charge on any atom is -0.314 e. The van der Waals surface area contributed by atoms with Gasteiger partial charge >= 0.3 is 0 Å². The number of halogens is 2. The molecule has 0 radical (unpaired) electrons. The Morgan fingerprint density at radius 3 is 2.76 bits per heavy atom. The highest BCUT2D eigenvalue weighted by molar-refractivity contribution is 6.30. The first-order chi connectivity index (χ1) is 8.20. The van der Waals surface area contributed by atoms with Crippen LogP contribution in [0.2, 0.25) is 5.02 Å². The van der Waals surface area contributed by atoms with E-state index in [2.05, 4.69) is 12.2 Å². The van der Waals surface area contributed by atoms with Crippen molar-refractivity contribution in [1.82, 2.24) is 5.32 Å². The van der Waals surface area contributed by atoms with Crippen LogP contribution in [-0.4, -0.2) is 12.6 Å². The molecule has 0 aromatic heterocycles. The van der Waals surface area contributed by atoms with Crippen LogP contribution in [0.1, 0.15) is 31.7 Å². The van der Waals surface area contributed by atoms with Crippen molar-refractivity contribution < 1.29 is 4.39 Å². The lowest BCUT2D eigenvalue weighted by molar-refractivity contribution is 0.229. The fraction of sp³-hybridized carbons (Fsp3) is 0.571. The second-order valence-corrected chi connectivity index (χ2v) is 5.21. The van der Waals surface area contributed by atoms with E-state index in [-0.39, 0.29) is 10.8 Å². The molecule has 2 rings (SSSR count). The van der Waals surface area contributed by atoms with E-state index in [1.165, 1.54) is 25.3 Å². The van der Waals surface area contributed by atoms with Crippen molar-refractivity contribution in [3.8, 4) is 0 Å². The highest BCUT2D eigenvalue weighted by Crippen LogP contribution is 2.31. The van der Waals surface area contributed by atoms with Gasteiger partial charge < -0.3 is 5.32 Å². The van der Waals surface area contributed by atoms with Crippen LogP contribution in [0.15, 0.2) is 18.2 Å². The summed E-state index contributed by atoms with van der Waals surface area (Å²) in [7, 11) is 0. The normalized spacial score (nSPS) is 17.8. The Bertz CT molecular complexity index is 376. The van der Waals surface area contributed by atoms with Gasteiger partial charge in [0.1, 0.15) is 5.82 Å². The molecule has 94 valence electrons. The number of nitrogens with one attached hydrogen (secondary N) is 1. The maximum Gasteiger partial charge on any atom is 0.141 e. The van der Waals surface area contributed by atoms with Crippen molar-refractivity contribution in [3.05, 3.63) is 34.6 Å². The van der Waals surface area contributed by atoms with Crippen LogP contribution in [0.4, 0.5) is 4.39 Å². The van der Waals surface area contributed by atoms with Crippen molar-refractivity contribution in [1.29, 1.82) is 0 Å². The summed E-state index contributed by atoms with van der Waals surface area (Å²) in [5.41, 5.74) is 1.12. The zero-order chi connectivity index (χ0) is 12.3. The predicted molar refractivity (Wildman–Crippen MR) is 69.9 cm³/mol. The summed E-state index contributed by atoms with van der Waals surface area (Å²) < 4.78 is 13.1. The molecule has 1 fully saturated rings. The fourth-order valence-corrected chi connectivity index (χ4v) is 2.63. The molecule has 3 heteroatoms. The van der Waals surface area contributed by atoms with Crippen molar-refractivity contribution in [2.45, 2.75) is 38.6 Å². The van der Waals surface area contributed by atoms with Crippen LogP contribution in [0.3, 0.4) is 0 Å². The quantitative estimate of drug-likeness (QED) is 0.844. The zero-order valence-corrected chi connectivity index (χ0v) is 10.9. The van der Waals surface area contributed by atoms with Gasteiger partial charge in [-0.2, -0.15) is 0 Å². The molecule has 0 aliphatic heterocycles. The summed E-state index contributed by atoms with van der Waals surface area (Å²) in [6.45, 7) is 3.11. The average molecular weight is 256 g/mol. The van der Waals surface area contributed by atoms with E-state index in [0.29, 0.717) is 6.04 Å². The largest absolute Gasteiger partial charge is 0.314 e. The fourth-order valence-electron chi connectivity index (χ4n) is 2.43. The third kappa shape index (κ3) is 3.20. The van der Waals surface area contributed by atoms with Crippen molar-refractivity contribution in [2.75, 3.05) is 6.54 Å². The molecule has 1 nitrogen and oxygen atoms in total. The monoisotopic (exact) mass is 255 g/mol. The summed E-state index contributed by atoms with van der Waals surface area (Å²) in [4.78, 5) is 0. The van der Waals surface area contributed by atoms with Crippen LogP contribution in [0, 0.1) is 11.7 Å². The second kappa shape index (κ2) is 5.83. The third-order valence-corrected chi connectivity index (χ3v) is 3.91. The van der Waals surface area contributed by atoms with E-state index in [9.17, 15) is 4.39 Å².